The third-order valence-electron chi connectivity index (χ3n) is 2.46. The average Bonchev–Trinajstić information content (AvgIpc) is 2.51. The van der Waals surface area contributed by atoms with Crippen molar-refractivity contribution in [1.82, 2.24) is 9.66 Å². The highest BCUT2D eigenvalue weighted by molar-refractivity contribution is 7.91. The number of imidazole rings is 1. The fourth-order valence-corrected chi connectivity index (χ4v) is 3.01. The van der Waals surface area contributed by atoms with Crippen LogP contribution in [-0.4, -0.2) is 38.4 Å². The van der Waals surface area contributed by atoms with Gasteiger partial charge in [0.2, 0.25) is 0 Å². The number of benzene rings is 1. The number of sulfone groups is 1. The van der Waals surface area contributed by atoms with E-state index in [4.69, 9.17) is 12.2 Å². The summed E-state index contributed by atoms with van der Waals surface area (Å²) in [7, 11) is 0.419. The zero-order valence-corrected chi connectivity index (χ0v) is 11.4. The van der Waals surface area contributed by atoms with Crippen molar-refractivity contribution in [2.75, 3.05) is 25.4 Å². The van der Waals surface area contributed by atoms with Gasteiger partial charge in [0.25, 0.3) is 0 Å². The number of aromatic amines is 1. The second-order valence-electron chi connectivity index (χ2n) is 4.01. The van der Waals surface area contributed by atoms with Crippen molar-refractivity contribution in [2.45, 2.75) is 4.90 Å². The molecule has 0 aliphatic rings. The first-order valence-corrected chi connectivity index (χ1v) is 7.24. The molecule has 5 nitrogen and oxygen atoms in total. The Hall–Kier alpha value is -1.34. The number of hydrogen-bond donors (Lipinski definition) is 1. The van der Waals surface area contributed by atoms with Crippen molar-refractivity contribution in [3.05, 3.63) is 23.0 Å². The molecule has 17 heavy (non-hydrogen) atoms. The number of rotatable bonds is 2. The smallest absolute Gasteiger partial charge is 0.197 e. The van der Waals surface area contributed by atoms with Crippen molar-refractivity contribution in [3.63, 3.8) is 0 Å². The van der Waals surface area contributed by atoms with E-state index in [1.54, 1.807) is 21.8 Å². The van der Waals surface area contributed by atoms with E-state index in [1.807, 2.05) is 20.2 Å². The Morgan fingerprint density at radius 3 is 2.53 bits per heavy atom. The van der Waals surface area contributed by atoms with Crippen LogP contribution in [0.25, 0.3) is 11.0 Å². The quantitative estimate of drug-likeness (QED) is 0.837. The molecule has 0 saturated heterocycles. The lowest BCUT2D eigenvalue weighted by atomic mass is 10.3. The summed E-state index contributed by atoms with van der Waals surface area (Å²) in [5, 5.41) is 1.80. The molecule has 0 aliphatic carbocycles. The molecule has 0 radical (unpaired) electrons. The van der Waals surface area contributed by atoms with Crippen LogP contribution in [0.3, 0.4) is 0 Å². The molecule has 0 unspecified atom stereocenters. The minimum Gasteiger partial charge on any atom is -0.328 e. The fraction of sp³-hybridized carbons (Fsp3) is 0.300. The molecule has 0 amide bonds. The Kier molecular flexibility index (Phi) is 2.75. The normalized spacial score (nSPS) is 11.9. The maximum atomic E-state index is 11.7. The zero-order chi connectivity index (χ0) is 12.8. The molecule has 7 heteroatoms. The molecule has 0 atom stereocenters. The standard InChI is InChI=1S/C10H13N3O2S2/c1-12(2)13-7-5-4-6-8(17(3,14)15)9(7)11-10(13)16/h4-6H,1-3H3,(H,11,16). The van der Waals surface area contributed by atoms with Gasteiger partial charge in [-0.05, 0) is 24.4 Å². The summed E-state index contributed by atoms with van der Waals surface area (Å²) in [5.74, 6) is 0. The average molecular weight is 271 g/mol. The Bertz CT molecular complexity index is 726. The van der Waals surface area contributed by atoms with E-state index in [1.165, 1.54) is 6.26 Å². The second-order valence-corrected chi connectivity index (χ2v) is 6.38. The highest BCUT2D eigenvalue weighted by atomic mass is 32.2. The van der Waals surface area contributed by atoms with Crippen molar-refractivity contribution >= 4 is 33.1 Å². The van der Waals surface area contributed by atoms with Crippen LogP contribution in [-0.2, 0) is 9.84 Å². The number of para-hydroxylation sites is 1. The van der Waals surface area contributed by atoms with Gasteiger partial charge in [-0.15, -0.1) is 0 Å². The number of nitrogens with one attached hydrogen (secondary N) is 1. The van der Waals surface area contributed by atoms with Gasteiger partial charge < -0.3 is 9.99 Å². The molecule has 2 rings (SSSR count). The molecule has 1 N–H and O–H groups in total. The molecule has 92 valence electrons. The number of aromatic nitrogens is 2. The van der Waals surface area contributed by atoms with Gasteiger partial charge in [0.05, 0.1) is 15.9 Å². The molecule has 1 aromatic heterocycles. The van der Waals surface area contributed by atoms with Crippen LogP contribution in [0, 0.1) is 4.77 Å². The van der Waals surface area contributed by atoms with E-state index in [-0.39, 0.29) is 4.90 Å². The molecule has 1 aromatic carbocycles. The Morgan fingerprint density at radius 2 is 2.00 bits per heavy atom. The molecule has 2 aromatic rings. The van der Waals surface area contributed by atoms with Gasteiger partial charge in [-0.1, -0.05) is 6.07 Å². The van der Waals surface area contributed by atoms with Crippen LogP contribution in [0.1, 0.15) is 0 Å². The molecule has 0 bridgehead atoms. The lowest BCUT2D eigenvalue weighted by molar-refractivity contribution is 0.602. The lowest BCUT2D eigenvalue weighted by Gasteiger charge is -2.14. The summed E-state index contributed by atoms with van der Waals surface area (Å²) in [6.07, 6.45) is 1.19. The molecule has 1 heterocycles. The maximum Gasteiger partial charge on any atom is 0.197 e. The van der Waals surface area contributed by atoms with Crippen molar-refractivity contribution in [1.29, 1.82) is 0 Å². The van der Waals surface area contributed by atoms with Crippen LogP contribution in [0.2, 0.25) is 0 Å². The molecular formula is C10H13N3O2S2. The predicted octanol–water partition coefficient (Wildman–Crippen LogP) is 1.30. The van der Waals surface area contributed by atoms with Crippen molar-refractivity contribution in [2.24, 2.45) is 0 Å². The highest BCUT2D eigenvalue weighted by Gasteiger charge is 2.15. The van der Waals surface area contributed by atoms with Gasteiger partial charge in [0, 0.05) is 20.4 Å². The number of hydrogen-bond acceptors (Lipinski definition) is 4. The molecule has 0 spiro atoms. The number of H-pyrrole nitrogens is 1. The van der Waals surface area contributed by atoms with Gasteiger partial charge in [0.1, 0.15) is 0 Å². The zero-order valence-electron chi connectivity index (χ0n) is 9.76. The van der Waals surface area contributed by atoms with E-state index < -0.39 is 9.84 Å². The van der Waals surface area contributed by atoms with Crippen LogP contribution in [0.15, 0.2) is 23.1 Å². The molecular weight excluding hydrogens is 258 g/mol. The maximum absolute atomic E-state index is 11.7. The van der Waals surface area contributed by atoms with Crippen molar-refractivity contribution in [3.8, 4) is 0 Å². The van der Waals surface area contributed by atoms with Gasteiger partial charge in [-0.3, -0.25) is 0 Å². The van der Waals surface area contributed by atoms with Gasteiger partial charge in [-0.2, -0.15) is 0 Å². The summed E-state index contributed by atoms with van der Waals surface area (Å²) in [6.45, 7) is 0. The Balaban J connectivity index is 2.95. The summed E-state index contributed by atoms with van der Waals surface area (Å²) >= 11 is 5.18. The van der Waals surface area contributed by atoms with Gasteiger partial charge >= 0.3 is 0 Å². The number of fused-ring (bicyclic) bond motifs is 1. The Morgan fingerprint density at radius 1 is 1.35 bits per heavy atom. The van der Waals surface area contributed by atoms with Crippen molar-refractivity contribution < 1.29 is 8.42 Å². The van der Waals surface area contributed by atoms with E-state index in [0.717, 1.165) is 5.52 Å². The molecule has 0 saturated carbocycles. The van der Waals surface area contributed by atoms with E-state index >= 15 is 0 Å². The summed E-state index contributed by atoms with van der Waals surface area (Å²) < 4.78 is 25.5. The topological polar surface area (TPSA) is 58.1 Å². The highest BCUT2D eigenvalue weighted by Crippen LogP contribution is 2.22. The summed E-state index contributed by atoms with van der Waals surface area (Å²) in [4.78, 5) is 3.21. The first-order valence-electron chi connectivity index (χ1n) is 4.94. The van der Waals surface area contributed by atoms with Gasteiger partial charge in [0.15, 0.2) is 14.6 Å². The molecule has 0 fully saturated rings. The van der Waals surface area contributed by atoms with E-state index in [0.29, 0.717) is 10.3 Å². The van der Waals surface area contributed by atoms with Crippen LogP contribution in [0.4, 0.5) is 0 Å². The third-order valence-corrected chi connectivity index (χ3v) is 3.87. The molecule has 0 aliphatic heterocycles. The minimum absolute atomic E-state index is 0.265. The SMILES string of the molecule is CN(C)n1c(=S)[nH]c2c(S(C)(=O)=O)cccc21. The summed E-state index contributed by atoms with van der Waals surface area (Å²) in [6, 6.07) is 5.11. The van der Waals surface area contributed by atoms with E-state index in [9.17, 15) is 8.42 Å². The predicted molar refractivity (Wildman–Crippen MR) is 70.3 cm³/mol. The number of nitrogens with zero attached hydrogens (tertiary/aromatic N) is 2. The largest absolute Gasteiger partial charge is 0.328 e. The Labute approximate surface area is 105 Å². The minimum atomic E-state index is -3.27. The fourth-order valence-electron chi connectivity index (χ4n) is 1.80. The third kappa shape index (κ3) is 1.96. The van der Waals surface area contributed by atoms with E-state index in [2.05, 4.69) is 4.98 Å². The lowest BCUT2D eigenvalue weighted by Crippen LogP contribution is -2.24. The van der Waals surface area contributed by atoms with Gasteiger partial charge in [-0.25, -0.2) is 13.1 Å². The van der Waals surface area contributed by atoms with Crippen LogP contribution in [0.5, 0.6) is 0 Å². The van der Waals surface area contributed by atoms with Crippen LogP contribution < -0.4 is 5.01 Å². The second kappa shape index (κ2) is 3.85. The first-order chi connectivity index (χ1) is 7.82. The monoisotopic (exact) mass is 271 g/mol. The summed E-state index contributed by atoms with van der Waals surface area (Å²) in [5.41, 5.74) is 1.30. The first kappa shape index (κ1) is 12.1. The van der Waals surface area contributed by atoms with Crippen LogP contribution >= 0.6 is 12.2 Å².